The molecule has 0 radical (unpaired) electrons. The SMILES string of the molecule is CC(=O)Nc1cccc(Nc2cncc(C(=O)Nc3ccccc3C(C)C)c2)c1. The molecule has 2 amide bonds. The van der Waals surface area contributed by atoms with Crippen molar-refractivity contribution in [2.75, 3.05) is 16.0 Å². The Bertz CT molecular complexity index is 1030. The van der Waals surface area contributed by atoms with E-state index in [1.807, 2.05) is 42.5 Å². The van der Waals surface area contributed by atoms with Gasteiger partial charge in [0.2, 0.25) is 5.91 Å². The number of benzene rings is 2. The van der Waals surface area contributed by atoms with E-state index >= 15 is 0 Å². The Morgan fingerprint density at radius 1 is 0.862 bits per heavy atom. The average Bonchev–Trinajstić information content (AvgIpc) is 2.68. The van der Waals surface area contributed by atoms with Crippen molar-refractivity contribution in [2.45, 2.75) is 26.7 Å². The first-order chi connectivity index (χ1) is 13.9. The highest BCUT2D eigenvalue weighted by Gasteiger charge is 2.12. The molecule has 0 atom stereocenters. The van der Waals surface area contributed by atoms with Gasteiger partial charge in [-0.2, -0.15) is 0 Å². The van der Waals surface area contributed by atoms with E-state index < -0.39 is 0 Å². The second-order valence-corrected chi connectivity index (χ2v) is 7.05. The van der Waals surface area contributed by atoms with E-state index in [-0.39, 0.29) is 11.8 Å². The number of anilines is 4. The van der Waals surface area contributed by atoms with Gasteiger partial charge in [0, 0.05) is 30.2 Å². The molecule has 6 nitrogen and oxygen atoms in total. The maximum atomic E-state index is 12.7. The van der Waals surface area contributed by atoms with Crippen molar-refractivity contribution in [3.05, 3.63) is 78.1 Å². The fourth-order valence-corrected chi connectivity index (χ4v) is 2.99. The number of carbonyl (C=O) groups is 2. The summed E-state index contributed by atoms with van der Waals surface area (Å²) in [5, 5.41) is 8.93. The van der Waals surface area contributed by atoms with Crippen molar-refractivity contribution in [3.8, 4) is 0 Å². The summed E-state index contributed by atoms with van der Waals surface area (Å²) in [5.41, 5.74) is 4.48. The third-order valence-electron chi connectivity index (χ3n) is 4.30. The first-order valence-corrected chi connectivity index (χ1v) is 9.42. The van der Waals surface area contributed by atoms with Gasteiger partial charge in [0.05, 0.1) is 17.4 Å². The zero-order valence-electron chi connectivity index (χ0n) is 16.7. The van der Waals surface area contributed by atoms with E-state index in [0.29, 0.717) is 22.9 Å². The Balaban J connectivity index is 1.76. The van der Waals surface area contributed by atoms with Gasteiger partial charge in [0.25, 0.3) is 5.91 Å². The number of hydrogen-bond donors (Lipinski definition) is 3. The molecule has 0 aliphatic carbocycles. The zero-order chi connectivity index (χ0) is 20.8. The van der Waals surface area contributed by atoms with Crippen molar-refractivity contribution in [1.29, 1.82) is 0 Å². The summed E-state index contributed by atoms with van der Waals surface area (Å²) >= 11 is 0. The van der Waals surface area contributed by atoms with Crippen LogP contribution in [-0.2, 0) is 4.79 Å². The lowest BCUT2D eigenvalue weighted by Crippen LogP contribution is -2.14. The number of hydrogen-bond acceptors (Lipinski definition) is 4. The molecule has 0 bridgehead atoms. The van der Waals surface area contributed by atoms with Crippen LogP contribution in [0.5, 0.6) is 0 Å². The number of nitrogens with zero attached hydrogens (tertiary/aromatic N) is 1. The first-order valence-electron chi connectivity index (χ1n) is 9.42. The topological polar surface area (TPSA) is 83.1 Å². The minimum absolute atomic E-state index is 0.135. The summed E-state index contributed by atoms with van der Waals surface area (Å²) in [4.78, 5) is 28.2. The molecule has 0 fully saturated rings. The second-order valence-electron chi connectivity index (χ2n) is 7.05. The third-order valence-corrected chi connectivity index (χ3v) is 4.30. The van der Waals surface area contributed by atoms with Gasteiger partial charge in [-0.05, 0) is 41.8 Å². The Morgan fingerprint density at radius 3 is 2.38 bits per heavy atom. The van der Waals surface area contributed by atoms with Crippen molar-refractivity contribution in [3.63, 3.8) is 0 Å². The normalized spacial score (nSPS) is 10.5. The predicted octanol–water partition coefficient (Wildman–Crippen LogP) is 5.16. The molecule has 3 rings (SSSR count). The largest absolute Gasteiger partial charge is 0.354 e. The number of para-hydroxylation sites is 1. The number of aromatic nitrogens is 1. The van der Waals surface area contributed by atoms with Gasteiger partial charge in [0.15, 0.2) is 0 Å². The van der Waals surface area contributed by atoms with Crippen LogP contribution in [0, 0.1) is 0 Å². The molecule has 29 heavy (non-hydrogen) atoms. The number of pyridine rings is 1. The lowest BCUT2D eigenvalue weighted by Gasteiger charge is -2.14. The molecule has 0 aliphatic heterocycles. The van der Waals surface area contributed by atoms with Crippen LogP contribution in [0.2, 0.25) is 0 Å². The molecule has 0 aliphatic rings. The molecule has 1 heterocycles. The summed E-state index contributed by atoms with van der Waals surface area (Å²) in [6.45, 7) is 5.64. The van der Waals surface area contributed by atoms with Gasteiger partial charge in [-0.1, -0.05) is 38.1 Å². The molecule has 0 saturated carbocycles. The van der Waals surface area contributed by atoms with Crippen LogP contribution >= 0.6 is 0 Å². The Labute approximate surface area is 170 Å². The van der Waals surface area contributed by atoms with Crippen LogP contribution in [0.3, 0.4) is 0 Å². The predicted molar refractivity (Wildman–Crippen MR) is 117 cm³/mol. The van der Waals surface area contributed by atoms with Gasteiger partial charge in [0.1, 0.15) is 0 Å². The summed E-state index contributed by atoms with van der Waals surface area (Å²) in [6, 6.07) is 16.8. The van der Waals surface area contributed by atoms with E-state index in [2.05, 4.69) is 34.8 Å². The number of rotatable bonds is 6. The molecule has 2 aromatic carbocycles. The Hall–Kier alpha value is -3.67. The molecule has 0 spiro atoms. The minimum Gasteiger partial charge on any atom is -0.354 e. The summed E-state index contributed by atoms with van der Waals surface area (Å²) in [6.07, 6.45) is 3.18. The number of nitrogens with one attached hydrogen (secondary N) is 3. The van der Waals surface area contributed by atoms with Crippen molar-refractivity contribution in [1.82, 2.24) is 4.98 Å². The van der Waals surface area contributed by atoms with Crippen LogP contribution in [0.25, 0.3) is 0 Å². The van der Waals surface area contributed by atoms with E-state index in [0.717, 1.165) is 16.9 Å². The quantitative estimate of drug-likeness (QED) is 0.545. The van der Waals surface area contributed by atoms with Crippen LogP contribution < -0.4 is 16.0 Å². The summed E-state index contributed by atoms with van der Waals surface area (Å²) < 4.78 is 0. The molecule has 6 heteroatoms. The second kappa shape index (κ2) is 9.01. The molecule has 3 N–H and O–H groups in total. The van der Waals surface area contributed by atoms with Crippen molar-refractivity contribution < 1.29 is 9.59 Å². The molecule has 0 unspecified atom stereocenters. The monoisotopic (exact) mass is 388 g/mol. The average molecular weight is 388 g/mol. The highest BCUT2D eigenvalue weighted by Crippen LogP contribution is 2.25. The van der Waals surface area contributed by atoms with Gasteiger partial charge in [-0.3, -0.25) is 14.6 Å². The fraction of sp³-hybridized carbons (Fsp3) is 0.174. The van der Waals surface area contributed by atoms with E-state index in [1.54, 1.807) is 18.3 Å². The smallest absolute Gasteiger partial charge is 0.257 e. The molecule has 3 aromatic rings. The highest BCUT2D eigenvalue weighted by atomic mass is 16.2. The minimum atomic E-state index is -0.221. The third kappa shape index (κ3) is 5.42. The standard InChI is InChI=1S/C23H24N4O2/c1-15(2)21-9-4-5-10-22(21)27-23(29)17-11-20(14-24-13-17)26-19-8-6-7-18(12-19)25-16(3)28/h4-15,26H,1-3H3,(H,25,28)(H,27,29). The fourth-order valence-electron chi connectivity index (χ4n) is 2.99. The molecule has 0 saturated heterocycles. The molecule has 148 valence electrons. The van der Waals surface area contributed by atoms with Gasteiger partial charge in [-0.25, -0.2) is 0 Å². The van der Waals surface area contributed by atoms with Crippen LogP contribution in [0.1, 0.15) is 42.6 Å². The molecule has 1 aromatic heterocycles. The van der Waals surface area contributed by atoms with Crippen LogP contribution in [0.15, 0.2) is 67.0 Å². The van der Waals surface area contributed by atoms with Gasteiger partial charge in [-0.15, -0.1) is 0 Å². The van der Waals surface area contributed by atoms with Crippen LogP contribution in [-0.4, -0.2) is 16.8 Å². The molecular weight excluding hydrogens is 364 g/mol. The maximum Gasteiger partial charge on any atom is 0.257 e. The Morgan fingerprint density at radius 2 is 1.62 bits per heavy atom. The highest BCUT2D eigenvalue weighted by molar-refractivity contribution is 6.05. The zero-order valence-corrected chi connectivity index (χ0v) is 16.7. The van der Waals surface area contributed by atoms with Crippen molar-refractivity contribution >= 4 is 34.6 Å². The van der Waals surface area contributed by atoms with E-state index in [4.69, 9.17) is 0 Å². The van der Waals surface area contributed by atoms with Crippen LogP contribution in [0.4, 0.5) is 22.7 Å². The van der Waals surface area contributed by atoms with Gasteiger partial charge < -0.3 is 16.0 Å². The number of carbonyl (C=O) groups excluding carboxylic acids is 2. The van der Waals surface area contributed by atoms with E-state index in [9.17, 15) is 9.59 Å². The van der Waals surface area contributed by atoms with Gasteiger partial charge >= 0.3 is 0 Å². The summed E-state index contributed by atoms with van der Waals surface area (Å²) in [5.74, 6) is -0.0566. The maximum absolute atomic E-state index is 12.7. The molecular formula is C23H24N4O2. The number of amides is 2. The van der Waals surface area contributed by atoms with Crippen molar-refractivity contribution in [2.24, 2.45) is 0 Å². The summed E-state index contributed by atoms with van der Waals surface area (Å²) in [7, 11) is 0. The first kappa shape index (κ1) is 20.1. The lowest BCUT2D eigenvalue weighted by atomic mass is 10.0. The lowest BCUT2D eigenvalue weighted by molar-refractivity contribution is -0.114. The van der Waals surface area contributed by atoms with E-state index in [1.165, 1.54) is 13.1 Å². The Kier molecular flexibility index (Phi) is 6.24.